The summed E-state index contributed by atoms with van der Waals surface area (Å²) in [6.45, 7) is 0.773. The molecule has 116 valence electrons. The Morgan fingerprint density at radius 2 is 1.74 bits per heavy atom. The zero-order chi connectivity index (χ0) is 16.0. The lowest BCUT2D eigenvalue weighted by Gasteiger charge is -2.18. The van der Waals surface area contributed by atoms with E-state index < -0.39 is 17.3 Å². The van der Waals surface area contributed by atoms with Crippen molar-refractivity contribution in [2.75, 3.05) is 13.2 Å². The van der Waals surface area contributed by atoms with Gasteiger partial charge in [-0.15, -0.1) is 0 Å². The summed E-state index contributed by atoms with van der Waals surface area (Å²) >= 11 is 0. The topological polar surface area (TPSA) is 61.6 Å². The molecule has 2 heterocycles. The van der Waals surface area contributed by atoms with Crippen LogP contribution in [0.1, 0.15) is 0 Å². The van der Waals surface area contributed by atoms with Gasteiger partial charge in [0.2, 0.25) is 5.89 Å². The van der Waals surface area contributed by atoms with Gasteiger partial charge in [-0.1, -0.05) is 0 Å². The standard InChI is InChI=1S/C16H9F2NO4/c17-8-1-2-9(11(18)5-8)15-19-12-7-14-13(21-3-4-22-14)6-10(12)16(20)23-15/h1-2,5-7H,3-4H2. The minimum Gasteiger partial charge on any atom is -0.486 e. The van der Waals surface area contributed by atoms with Crippen LogP contribution in [0, 0.1) is 11.6 Å². The Bertz CT molecular complexity index is 984. The Hall–Kier alpha value is -2.96. The van der Waals surface area contributed by atoms with E-state index in [0.29, 0.717) is 30.8 Å². The molecule has 4 rings (SSSR count). The third kappa shape index (κ3) is 2.30. The number of aromatic nitrogens is 1. The molecular formula is C16H9F2NO4. The van der Waals surface area contributed by atoms with Gasteiger partial charge < -0.3 is 13.9 Å². The van der Waals surface area contributed by atoms with Crippen molar-refractivity contribution >= 4 is 10.9 Å². The van der Waals surface area contributed by atoms with Gasteiger partial charge in [0, 0.05) is 18.2 Å². The van der Waals surface area contributed by atoms with E-state index in [-0.39, 0.29) is 22.4 Å². The number of ether oxygens (including phenoxy) is 2. The molecule has 0 saturated heterocycles. The molecule has 0 unspecified atom stereocenters. The van der Waals surface area contributed by atoms with Crippen LogP contribution < -0.4 is 15.1 Å². The van der Waals surface area contributed by atoms with Gasteiger partial charge >= 0.3 is 5.63 Å². The molecule has 5 nitrogen and oxygen atoms in total. The summed E-state index contributed by atoms with van der Waals surface area (Å²) in [6.07, 6.45) is 0. The zero-order valence-corrected chi connectivity index (χ0v) is 11.6. The lowest BCUT2D eigenvalue weighted by molar-refractivity contribution is 0.172. The fourth-order valence-electron chi connectivity index (χ4n) is 2.39. The summed E-state index contributed by atoms with van der Waals surface area (Å²) in [7, 11) is 0. The lowest BCUT2D eigenvalue weighted by Crippen LogP contribution is -2.16. The van der Waals surface area contributed by atoms with Gasteiger partial charge in [-0.25, -0.2) is 18.6 Å². The maximum Gasteiger partial charge on any atom is 0.347 e. The molecule has 2 aromatic carbocycles. The largest absolute Gasteiger partial charge is 0.486 e. The Morgan fingerprint density at radius 3 is 2.48 bits per heavy atom. The van der Waals surface area contributed by atoms with Crippen LogP contribution in [0.5, 0.6) is 11.5 Å². The monoisotopic (exact) mass is 317 g/mol. The van der Waals surface area contributed by atoms with Crippen molar-refractivity contribution < 1.29 is 22.7 Å². The van der Waals surface area contributed by atoms with Gasteiger partial charge in [0.1, 0.15) is 24.8 Å². The first kappa shape index (κ1) is 13.7. The summed E-state index contributed by atoms with van der Waals surface area (Å²) in [5, 5.41) is 0.195. The predicted octanol–water partition coefficient (Wildman–Crippen LogP) is 2.90. The van der Waals surface area contributed by atoms with Crippen LogP contribution in [0.25, 0.3) is 22.4 Å². The van der Waals surface area contributed by atoms with Gasteiger partial charge in [-0.05, 0) is 12.1 Å². The fourth-order valence-corrected chi connectivity index (χ4v) is 2.39. The number of hydrogen-bond acceptors (Lipinski definition) is 5. The smallest absolute Gasteiger partial charge is 0.347 e. The van der Waals surface area contributed by atoms with E-state index in [0.717, 1.165) is 6.07 Å². The highest BCUT2D eigenvalue weighted by molar-refractivity contribution is 5.82. The molecule has 23 heavy (non-hydrogen) atoms. The van der Waals surface area contributed by atoms with E-state index in [1.54, 1.807) is 0 Å². The van der Waals surface area contributed by atoms with Crippen molar-refractivity contribution in [2.24, 2.45) is 0 Å². The summed E-state index contributed by atoms with van der Waals surface area (Å²) in [6, 6.07) is 5.94. The Kier molecular flexibility index (Phi) is 3.00. The Morgan fingerprint density at radius 1 is 1.00 bits per heavy atom. The summed E-state index contributed by atoms with van der Waals surface area (Å²) in [5.41, 5.74) is -0.504. The second-order valence-electron chi connectivity index (χ2n) is 4.94. The maximum atomic E-state index is 13.9. The van der Waals surface area contributed by atoms with Gasteiger partial charge in [0.15, 0.2) is 11.5 Å². The highest BCUT2D eigenvalue weighted by atomic mass is 19.1. The first-order valence-electron chi connectivity index (χ1n) is 6.82. The summed E-state index contributed by atoms with van der Waals surface area (Å²) in [4.78, 5) is 16.3. The molecule has 0 saturated carbocycles. The average molecular weight is 317 g/mol. The van der Waals surface area contributed by atoms with Crippen LogP contribution in [0.15, 0.2) is 39.5 Å². The van der Waals surface area contributed by atoms with Crippen molar-refractivity contribution in [1.29, 1.82) is 0 Å². The lowest BCUT2D eigenvalue weighted by atomic mass is 10.2. The third-order valence-electron chi connectivity index (χ3n) is 3.45. The molecule has 0 amide bonds. The molecule has 0 atom stereocenters. The maximum absolute atomic E-state index is 13.9. The number of hydrogen-bond donors (Lipinski definition) is 0. The van der Waals surface area contributed by atoms with E-state index in [4.69, 9.17) is 13.9 Å². The molecule has 0 spiro atoms. The van der Waals surface area contributed by atoms with Gasteiger partial charge in [-0.2, -0.15) is 0 Å². The minimum atomic E-state index is -0.863. The van der Waals surface area contributed by atoms with E-state index in [2.05, 4.69) is 4.98 Å². The Labute approximate surface area is 128 Å². The van der Waals surface area contributed by atoms with Crippen LogP contribution in [-0.4, -0.2) is 18.2 Å². The number of nitrogens with zero attached hydrogens (tertiary/aromatic N) is 1. The van der Waals surface area contributed by atoms with Crippen LogP contribution in [0.4, 0.5) is 8.78 Å². The van der Waals surface area contributed by atoms with Crippen molar-refractivity contribution in [3.05, 3.63) is 52.4 Å². The van der Waals surface area contributed by atoms with E-state index >= 15 is 0 Å². The quantitative estimate of drug-likeness (QED) is 0.690. The molecule has 0 N–H and O–H groups in total. The molecule has 0 radical (unpaired) electrons. The molecule has 3 aromatic rings. The van der Waals surface area contributed by atoms with E-state index in [1.165, 1.54) is 18.2 Å². The van der Waals surface area contributed by atoms with Crippen LogP contribution >= 0.6 is 0 Å². The SMILES string of the molecule is O=c1oc(-c2ccc(F)cc2F)nc2cc3c(cc12)OCCO3. The number of fused-ring (bicyclic) bond motifs is 2. The normalized spacial score (nSPS) is 13.3. The molecular weight excluding hydrogens is 308 g/mol. The number of halogens is 2. The fraction of sp³-hybridized carbons (Fsp3) is 0.125. The second-order valence-corrected chi connectivity index (χ2v) is 4.94. The van der Waals surface area contributed by atoms with Crippen molar-refractivity contribution in [1.82, 2.24) is 4.98 Å². The molecule has 1 aliphatic rings. The highest BCUT2D eigenvalue weighted by Crippen LogP contribution is 2.33. The number of benzene rings is 2. The average Bonchev–Trinajstić information content (AvgIpc) is 2.53. The van der Waals surface area contributed by atoms with E-state index in [9.17, 15) is 13.6 Å². The van der Waals surface area contributed by atoms with Crippen molar-refractivity contribution in [3.8, 4) is 23.0 Å². The van der Waals surface area contributed by atoms with Crippen molar-refractivity contribution in [3.63, 3.8) is 0 Å². The minimum absolute atomic E-state index is 0.0970. The van der Waals surface area contributed by atoms with Gasteiger partial charge in [0.25, 0.3) is 0 Å². The van der Waals surface area contributed by atoms with Crippen LogP contribution in [0.3, 0.4) is 0 Å². The van der Waals surface area contributed by atoms with Gasteiger partial charge in [0.05, 0.1) is 16.5 Å². The molecule has 0 aliphatic carbocycles. The molecule has 0 bridgehead atoms. The predicted molar refractivity (Wildman–Crippen MR) is 76.6 cm³/mol. The molecule has 0 fully saturated rings. The molecule has 1 aromatic heterocycles. The second kappa shape index (κ2) is 5.05. The molecule has 7 heteroatoms. The summed E-state index contributed by atoms with van der Waals surface area (Å²) in [5.74, 6) is -0.936. The first-order chi connectivity index (χ1) is 11.1. The zero-order valence-electron chi connectivity index (χ0n) is 11.6. The van der Waals surface area contributed by atoms with Gasteiger partial charge in [-0.3, -0.25) is 0 Å². The summed E-state index contributed by atoms with van der Waals surface area (Å²) < 4.78 is 42.8. The highest BCUT2D eigenvalue weighted by Gasteiger charge is 2.18. The van der Waals surface area contributed by atoms with Crippen LogP contribution in [-0.2, 0) is 0 Å². The molecule has 1 aliphatic heterocycles. The van der Waals surface area contributed by atoms with Crippen LogP contribution in [0.2, 0.25) is 0 Å². The van der Waals surface area contributed by atoms with E-state index in [1.807, 2.05) is 0 Å². The Balaban J connectivity index is 1.94. The first-order valence-corrected chi connectivity index (χ1v) is 6.82. The number of rotatable bonds is 1. The van der Waals surface area contributed by atoms with Crippen molar-refractivity contribution in [2.45, 2.75) is 0 Å². The third-order valence-corrected chi connectivity index (χ3v) is 3.45.